The van der Waals surface area contributed by atoms with Crippen LogP contribution in [0.15, 0.2) is 49.1 Å². The van der Waals surface area contributed by atoms with E-state index in [0.717, 1.165) is 37.2 Å². The number of amides is 1. The number of carbonyl (C=O) groups is 1. The number of hydrogen-bond donors (Lipinski definition) is 1. The molecule has 7 heteroatoms. The highest BCUT2D eigenvalue weighted by Crippen LogP contribution is 2.41. The minimum absolute atomic E-state index is 0.144. The Hall–Kier alpha value is -2.96. The van der Waals surface area contributed by atoms with Gasteiger partial charge in [-0.05, 0) is 31.4 Å². The number of aryl methyl sites for hydroxylation is 1. The molecule has 0 aliphatic heterocycles. The fourth-order valence-electron chi connectivity index (χ4n) is 2.90. The van der Waals surface area contributed by atoms with E-state index < -0.39 is 0 Å². The van der Waals surface area contributed by atoms with Gasteiger partial charge >= 0.3 is 0 Å². The lowest BCUT2D eigenvalue weighted by Gasteiger charge is -2.08. The first kappa shape index (κ1) is 15.6. The Bertz CT molecular complexity index is 836. The molecular weight excluding hydrogens is 316 g/mol. The summed E-state index contributed by atoms with van der Waals surface area (Å²) >= 11 is 0. The Morgan fingerprint density at radius 1 is 1.24 bits per heavy atom. The summed E-state index contributed by atoms with van der Waals surface area (Å²) in [6, 6.07) is 9.85. The number of imidazole rings is 1. The van der Waals surface area contributed by atoms with Crippen molar-refractivity contribution in [3.63, 3.8) is 0 Å². The van der Waals surface area contributed by atoms with Crippen molar-refractivity contribution in [1.29, 1.82) is 0 Å². The Labute approximate surface area is 145 Å². The largest absolute Gasteiger partial charge is 0.351 e. The van der Waals surface area contributed by atoms with E-state index >= 15 is 0 Å². The van der Waals surface area contributed by atoms with Crippen LogP contribution in [0.1, 0.15) is 41.4 Å². The molecule has 1 aliphatic rings. The monoisotopic (exact) mass is 336 g/mol. The van der Waals surface area contributed by atoms with Crippen LogP contribution in [0.4, 0.5) is 0 Å². The lowest BCUT2D eigenvalue weighted by molar-refractivity contribution is 0.0946. The van der Waals surface area contributed by atoms with Crippen molar-refractivity contribution in [1.82, 2.24) is 29.9 Å². The molecule has 7 nitrogen and oxygen atoms in total. The molecule has 1 N–H and O–H groups in total. The van der Waals surface area contributed by atoms with Gasteiger partial charge in [0.1, 0.15) is 0 Å². The van der Waals surface area contributed by atoms with E-state index in [4.69, 9.17) is 0 Å². The van der Waals surface area contributed by atoms with E-state index in [1.54, 1.807) is 17.2 Å². The van der Waals surface area contributed by atoms with Crippen LogP contribution in [-0.4, -0.2) is 37.0 Å². The van der Waals surface area contributed by atoms with Gasteiger partial charge in [-0.1, -0.05) is 23.4 Å². The van der Waals surface area contributed by atoms with Gasteiger partial charge < -0.3 is 9.88 Å². The third-order valence-corrected chi connectivity index (χ3v) is 4.32. The number of hydrogen-bond acceptors (Lipinski definition) is 4. The predicted octanol–water partition coefficient (Wildman–Crippen LogP) is 2.16. The molecule has 1 aliphatic carbocycles. The molecule has 3 aromatic rings. The second kappa shape index (κ2) is 6.88. The molecule has 2 aromatic heterocycles. The number of carbonyl (C=O) groups excluding carboxylic acids is 1. The number of rotatable bonds is 7. The zero-order chi connectivity index (χ0) is 17.1. The highest BCUT2D eigenvalue weighted by atomic mass is 16.2. The fourth-order valence-corrected chi connectivity index (χ4v) is 2.90. The topological polar surface area (TPSA) is 77.6 Å². The minimum Gasteiger partial charge on any atom is -0.351 e. The number of nitrogens with zero attached hydrogens (tertiary/aromatic N) is 5. The van der Waals surface area contributed by atoms with Gasteiger partial charge in [0.15, 0.2) is 5.69 Å². The molecule has 1 aromatic carbocycles. The average Bonchev–Trinajstić information content (AvgIpc) is 3.18. The first-order chi connectivity index (χ1) is 12.3. The van der Waals surface area contributed by atoms with Gasteiger partial charge in [0.25, 0.3) is 5.91 Å². The normalized spacial score (nSPS) is 13.8. The summed E-state index contributed by atoms with van der Waals surface area (Å²) in [6.07, 6.45) is 8.45. The van der Waals surface area contributed by atoms with Crippen molar-refractivity contribution < 1.29 is 4.79 Å². The maximum Gasteiger partial charge on any atom is 0.273 e. The molecule has 0 spiro atoms. The number of benzene rings is 1. The van der Waals surface area contributed by atoms with Crippen LogP contribution in [0.25, 0.3) is 5.69 Å². The molecule has 0 saturated heterocycles. The van der Waals surface area contributed by atoms with Crippen molar-refractivity contribution in [2.45, 2.75) is 31.7 Å². The van der Waals surface area contributed by atoms with E-state index in [1.165, 1.54) is 0 Å². The van der Waals surface area contributed by atoms with Crippen molar-refractivity contribution in [3.8, 4) is 5.69 Å². The van der Waals surface area contributed by atoms with E-state index in [2.05, 4.69) is 20.6 Å². The molecule has 0 unspecified atom stereocenters. The molecule has 0 radical (unpaired) electrons. The summed E-state index contributed by atoms with van der Waals surface area (Å²) in [4.78, 5) is 16.6. The van der Waals surface area contributed by atoms with Crippen molar-refractivity contribution in [2.24, 2.45) is 0 Å². The average molecular weight is 336 g/mol. The van der Waals surface area contributed by atoms with Gasteiger partial charge in [0.2, 0.25) is 0 Å². The molecule has 1 fully saturated rings. The summed E-state index contributed by atoms with van der Waals surface area (Å²) < 4.78 is 3.80. The standard InChI is InChI=1S/C18H20N6O/c25-18(20-9-4-11-23-12-10-19-13-23)16-17(14-7-8-14)24(22-21-16)15-5-2-1-3-6-15/h1-3,5-6,10,12-14H,4,7-9,11H2,(H,20,25). The first-order valence-electron chi connectivity index (χ1n) is 8.58. The quantitative estimate of drug-likeness (QED) is 0.671. The summed E-state index contributed by atoms with van der Waals surface area (Å²) in [5.74, 6) is 0.233. The maximum absolute atomic E-state index is 12.6. The molecule has 2 heterocycles. The van der Waals surface area contributed by atoms with Crippen LogP contribution in [0.5, 0.6) is 0 Å². The number of para-hydroxylation sites is 1. The second-order valence-corrected chi connectivity index (χ2v) is 6.25. The van der Waals surface area contributed by atoms with E-state index in [-0.39, 0.29) is 5.91 Å². The van der Waals surface area contributed by atoms with Crippen LogP contribution in [0.3, 0.4) is 0 Å². The third-order valence-electron chi connectivity index (χ3n) is 4.32. The van der Waals surface area contributed by atoms with E-state index in [9.17, 15) is 4.79 Å². The SMILES string of the molecule is O=C(NCCCn1ccnc1)c1nnn(-c2ccccc2)c1C1CC1. The second-order valence-electron chi connectivity index (χ2n) is 6.25. The number of nitrogens with one attached hydrogen (secondary N) is 1. The van der Waals surface area contributed by atoms with Gasteiger partial charge in [-0.15, -0.1) is 5.10 Å². The van der Waals surface area contributed by atoms with Crippen LogP contribution >= 0.6 is 0 Å². The number of aromatic nitrogens is 5. The summed E-state index contributed by atoms with van der Waals surface area (Å²) in [5.41, 5.74) is 2.32. The molecule has 25 heavy (non-hydrogen) atoms. The summed E-state index contributed by atoms with van der Waals surface area (Å²) in [5, 5.41) is 11.4. The lowest BCUT2D eigenvalue weighted by Crippen LogP contribution is -2.26. The zero-order valence-electron chi connectivity index (χ0n) is 13.9. The van der Waals surface area contributed by atoms with Crippen LogP contribution in [0.2, 0.25) is 0 Å². The van der Waals surface area contributed by atoms with Crippen molar-refractivity contribution >= 4 is 5.91 Å². The predicted molar refractivity (Wildman–Crippen MR) is 92.5 cm³/mol. The molecular formula is C18H20N6O. The van der Waals surface area contributed by atoms with Gasteiger partial charge in [0.05, 0.1) is 17.7 Å². The smallest absolute Gasteiger partial charge is 0.273 e. The summed E-state index contributed by atoms with van der Waals surface area (Å²) in [7, 11) is 0. The van der Waals surface area contributed by atoms with Crippen LogP contribution < -0.4 is 5.32 Å². The molecule has 1 amide bonds. The van der Waals surface area contributed by atoms with Gasteiger partial charge in [-0.3, -0.25) is 4.79 Å². The maximum atomic E-state index is 12.6. The minimum atomic E-state index is -0.144. The summed E-state index contributed by atoms with van der Waals surface area (Å²) in [6.45, 7) is 1.42. The van der Waals surface area contributed by atoms with Crippen LogP contribution in [0, 0.1) is 0 Å². The molecule has 4 rings (SSSR count). The van der Waals surface area contributed by atoms with Gasteiger partial charge in [-0.25, -0.2) is 9.67 Å². The Balaban J connectivity index is 1.44. The van der Waals surface area contributed by atoms with Gasteiger partial charge in [-0.2, -0.15) is 0 Å². The Morgan fingerprint density at radius 2 is 2.08 bits per heavy atom. The highest BCUT2D eigenvalue weighted by Gasteiger charge is 2.34. The van der Waals surface area contributed by atoms with Crippen LogP contribution in [-0.2, 0) is 6.54 Å². The molecule has 0 atom stereocenters. The third kappa shape index (κ3) is 3.45. The van der Waals surface area contributed by atoms with E-state index in [0.29, 0.717) is 18.2 Å². The molecule has 128 valence electrons. The van der Waals surface area contributed by atoms with Gasteiger partial charge in [0, 0.05) is 31.4 Å². The van der Waals surface area contributed by atoms with E-state index in [1.807, 2.05) is 41.1 Å². The fraction of sp³-hybridized carbons (Fsp3) is 0.333. The molecule has 0 bridgehead atoms. The Kier molecular flexibility index (Phi) is 4.28. The first-order valence-corrected chi connectivity index (χ1v) is 8.58. The highest BCUT2D eigenvalue weighted by molar-refractivity contribution is 5.93. The molecule has 1 saturated carbocycles. The van der Waals surface area contributed by atoms with Crippen molar-refractivity contribution in [2.75, 3.05) is 6.54 Å². The zero-order valence-corrected chi connectivity index (χ0v) is 13.9. The Morgan fingerprint density at radius 3 is 2.80 bits per heavy atom. The lowest BCUT2D eigenvalue weighted by atomic mass is 10.2. The van der Waals surface area contributed by atoms with Crippen molar-refractivity contribution in [3.05, 3.63) is 60.4 Å².